The Balaban J connectivity index is 0.00000225. The molecular formula is C17H21Cl2N5O. The number of hydrogen-bond acceptors (Lipinski definition) is 3. The maximum absolute atomic E-state index is 12.4. The van der Waals surface area contributed by atoms with Crippen molar-refractivity contribution in [3.8, 4) is 0 Å². The smallest absolute Gasteiger partial charge is 0.241 e. The second kappa shape index (κ2) is 8.38. The summed E-state index contributed by atoms with van der Waals surface area (Å²) < 4.78 is 1.68. The number of fused-ring (bicyclic) bond motifs is 1. The number of H-pyrrole nitrogens is 1. The van der Waals surface area contributed by atoms with Gasteiger partial charge in [0.1, 0.15) is 6.04 Å². The third-order valence-corrected chi connectivity index (χ3v) is 4.27. The van der Waals surface area contributed by atoms with Crippen LogP contribution in [0.25, 0.3) is 10.9 Å². The highest BCUT2D eigenvalue weighted by atomic mass is 35.5. The number of carbonyl (C=O) groups excluding carboxylic acids is 1. The van der Waals surface area contributed by atoms with E-state index in [0.29, 0.717) is 11.6 Å². The summed E-state index contributed by atoms with van der Waals surface area (Å²) in [6.07, 6.45) is 6.23. The molecule has 0 aliphatic carbocycles. The molecule has 0 bridgehead atoms. The SMILES string of the molecule is CNC(C(=O)NCCc1c[nH]c2ccc(Cl)cc12)c1cnn(C)c1.Cl. The van der Waals surface area contributed by atoms with Gasteiger partial charge in [0.05, 0.1) is 6.20 Å². The van der Waals surface area contributed by atoms with Crippen molar-refractivity contribution in [2.45, 2.75) is 12.5 Å². The Bertz CT molecular complexity index is 858. The summed E-state index contributed by atoms with van der Waals surface area (Å²) in [6.45, 7) is 0.552. The Hall–Kier alpha value is -2.02. The van der Waals surface area contributed by atoms with Crippen molar-refractivity contribution in [3.05, 3.63) is 52.9 Å². The van der Waals surface area contributed by atoms with Crippen molar-refractivity contribution in [1.29, 1.82) is 0 Å². The van der Waals surface area contributed by atoms with E-state index in [9.17, 15) is 4.79 Å². The van der Waals surface area contributed by atoms with Crippen molar-refractivity contribution >= 4 is 40.8 Å². The first-order valence-corrected chi connectivity index (χ1v) is 8.15. The van der Waals surface area contributed by atoms with Crippen molar-refractivity contribution in [3.63, 3.8) is 0 Å². The second-order valence-electron chi connectivity index (χ2n) is 5.71. The number of nitrogens with zero attached hydrogens (tertiary/aromatic N) is 2. The first-order valence-electron chi connectivity index (χ1n) is 7.77. The van der Waals surface area contributed by atoms with Crippen LogP contribution in [0.4, 0.5) is 0 Å². The summed E-state index contributed by atoms with van der Waals surface area (Å²) in [5.74, 6) is -0.0663. The van der Waals surface area contributed by atoms with E-state index < -0.39 is 6.04 Å². The number of benzene rings is 1. The molecular weight excluding hydrogens is 361 g/mol. The Kier molecular flexibility index (Phi) is 6.47. The van der Waals surface area contributed by atoms with Crippen molar-refractivity contribution < 1.29 is 4.79 Å². The number of carbonyl (C=O) groups is 1. The first kappa shape index (κ1) is 19.3. The summed E-state index contributed by atoms with van der Waals surface area (Å²) in [5.41, 5.74) is 3.02. The minimum absolute atomic E-state index is 0. The molecule has 0 aliphatic heterocycles. The molecule has 3 N–H and O–H groups in total. The highest BCUT2D eigenvalue weighted by Gasteiger charge is 2.19. The number of hydrogen-bond donors (Lipinski definition) is 3. The molecule has 0 radical (unpaired) electrons. The molecule has 2 aromatic heterocycles. The molecule has 3 rings (SSSR count). The van der Waals surface area contributed by atoms with Gasteiger partial charge in [-0.2, -0.15) is 5.10 Å². The summed E-state index contributed by atoms with van der Waals surface area (Å²) in [7, 11) is 3.59. The minimum atomic E-state index is -0.406. The average molecular weight is 382 g/mol. The third-order valence-electron chi connectivity index (χ3n) is 4.03. The lowest BCUT2D eigenvalue weighted by molar-refractivity contribution is -0.123. The van der Waals surface area contributed by atoms with Gasteiger partial charge in [-0.1, -0.05) is 11.6 Å². The van der Waals surface area contributed by atoms with Crippen LogP contribution in [0.2, 0.25) is 5.02 Å². The van der Waals surface area contributed by atoms with Crippen LogP contribution >= 0.6 is 24.0 Å². The third kappa shape index (κ3) is 4.34. The van der Waals surface area contributed by atoms with Gasteiger partial charge < -0.3 is 15.6 Å². The van der Waals surface area contributed by atoms with E-state index in [1.54, 1.807) is 17.9 Å². The molecule has 25 heavy (non-hydrogen) atoms. The molecule has 0 aliphatic rings. The van der Waals surface area contributed by atoms with Gasteiger partial charge in [0.15, 0.2) is 0 Å². The highest BCUT2D eigenvalue weighted by Crippen LogP contribution is 2.22. The normalized spacial score (nSPS) is 12.0. The molecule has 134 valence electrons. The Labute approximate surface area is 157 Å². The molecule has 3 aromatic rings. The molecule has 2 heterocycles. The lowest BCUT2D eigenvalue weighted by Gasteiger charge is -2.14. The standard InChI is InChI=1S/C17H20ClN5O.ClH/c1-19-16(12-9-22-23(2)10-12)17(24)20-6-5-11-8-21-15-4-3-13(18)7-14(11)15;/h3-4,7-10,16,19,21H,5-6H2,1-2H3,(H,20,24);1H. The minimum Gasteiger partial charge on any atom is -0.361 e. The number of likely N-dealkylation sites (N-methyl/N-ethyl adjacent to an activating group) is 1. The number of amides is 1. The van der Waals surface area contributed by atoms with Crippen LogP contribution < -0.4 is 10.6 Å². The number of aryl methyl sites for hydroxylation is 1. The molecule has 1 amide bonds. The van der Waals surface area contributed by atoms with Crippen molar-refractivity contribution in [1.82, 2.24) is 25.4 Å². The van der Waals surface area contributed by atoms with Gasteiger partial charge in [-0.15, -0.1) is 12.4 Å². The summed E-state index contributed by atoms with van der Waals surface area (Å²) in [6, 6.07) is 5.35. The molecule has 0 saturated carbocycles. The molecule has 1 atom stereocenters. The quantitative estimate of drug-likeness (QED) is 0.614. The number of aromatic amines is 1. The van der Waals surface area contributed by atoms with E-state index >= 15 is 0 Å². The lowest BCUT2D eigenvalue weighted by atomic mass is 10.1. The van der Waals surface area contributed by atoms with Gasteiger partial charge in [0.2, 0.25) is 5.91 Å². The second-order valence-corrected chi connectivity index (χ2v) is 6.15. The zero-order valence-corrected chi connectivity index (χ0v) is 15.6. The fourth-order valence-electron chi connectivity index (χ4n) is 2.82. The number of rotatable bonds is 6. The predicted octanol–water partition coefficient (Wildman–Crippen LogP) is 2.60. The fourth-order valence-corrected chi connectivity index (χ4v) is 2.99. The summed E-state index contributed by atoms with van der Waals surface area (Å²) >= 11 is 6.06. The van der Waals surface area contributed by atoms with Crippen molar-refractivity contribution in [2.75, 3.05) is 13.6 Å². The zero-order chi connectivity index (χ0) is 17.1. The van der Waals surface area contributed by atoms with E-state index in [4.69, 9.17) is 11.6 Å². The maximum Gasteiger partial charge on any atom is 0.241 e. The summed E-state index contributed by atoms with van der Waals surface area (Å²) in [5, 5.41) is 11.9. The van der Waals surface area contributed by atoms with Crippen LogP contribution in [0.15, 0.2) is 36.8 Å². The van der Waals surface area contributed by atoms with Crippen LogP contribution in [-0.4, -0.2) is 34.3 Å². The van der Waals surface area contributed by atoms with Crippen LogP contribution in [0.3, 0.4) is 0 Å². The molecule has 1 unspecified atom stereocenters. The van der Waals surface area contributed by atoms with Gasteiger partial charge in [-0.25, -0.2) is 0 Å². The Morgan fingerprint density at radius 2 is 2.24 bits per heavy atom. The molecule has 0 fully saturated rings. The number of nitrogens with one attached hydrogen (secondary N) is 3. The fraction of sp³-hybridized carbons (Fsp3) is 0.294. The highest BCUT2D eigenvalue weighted by molar-refractivity contribution is 6.31. The van der Waals surface area contributed by atoms with Gasteiger partial charge >= 0.3 is 0 Å². The predicted molar refractivity (Wildman–Crippen MR) is 102 cm³/mol. The zero-order valence-electron chi connectivity index (χ0n) is 14.0. The van der Waals surface area contributed by atoms with E-state index in [-0.39, 0.29) is 18.3 Å². The topological polar surface area (TPSA) is 74.7 Å². The van der Waals surface area contributed by atoms with Gasteiger partial charge in [-0.05, 0) is 37.2 Å². The molecule has 0 saturated heterocycles. The Morgan fingerprint density at radius 1 is 1.44 bits per heavy atom. The average Bonchev–Trinajstić information content (AvgIpc) is 3.15. The lowest BCUT2D eigenvalue weighted by Crippen LogP contribution is -2.36. The molecule has 0 spiro atoms. The van der Waals surface area contributed by atoms with Crippen LogP contribution in [-0.2, 0) is 18.3 Å². The van der Waals surface area contributed by atoms with E-state index in [1.165, 1.54) is 0 Å². The molecule has 1 aromatic carbocycles. The largest absolute Gasteiger partial charge is 0.361 e. The maximum atomic E-state index is 12.4. The summed E-state index contributed by atoms with van der Waals surface area (Å²) in [4.78, 5) is 15.6. The van der Waals surface area contributed by atoms with E-state index in [0.717, 1.165) is 28.5 Å². The van der Waals surface area contributed by atoms with Crippen LogP contribution in [0, 0.1) is 0 Å². The van der Waals surface area contributed by atoms with Gasteiger partial charge in [0.25, 0.3) is 0 Å². The van der Waals surface area contributed by atoms with E-state index in [2.05, 4.69) is 20.7 Å². The number of halogens is 2. The van der Waals surface area contributed by atoms with Gasteiger partial charge in [0, 0.05) is 47.5 Å². The first-order chi connectivity index (χ1) is 11.6. The molecule has 8 heteroatoms. The molecule has 6 nitrogen and oxygen atoms in total. The number of aromatic nitrogens is 3. The van der Waals surface area contributed by atoms with Crippen molar-refractivity contribution in [2.24, 2.45) is 7.05 Å². The van der Waals surface area contributed by atoms with E-state index in [1.807, 2.05) is 37.6 Å². The van der Waals surface area contributed by atoms with Crippen LogP contribution in [0.5, 0.6) is 0 Å². The van der Waals surface area contributed by atoms with Crippen LogP contribution in [0.1, 0.15) is 17.2 Å². The monoisotopic (exact) mass is 381 g/mol. The Morgan fingerprint density at radius 3 is 2.92 bits per heavy atom. The van der Waals surface area contributed by atoms with Gasteiger partial charge in [-0.3, -0.25) is 9.48 Å².